The van der Waals surface area contributed by atoms with Crippen LogP contribution in [0.25, 0.3) is 0 Å². The monoisotopic (exact) mass is 420 g/mol. The molecule has 3 heterocycles. The minimum atomic E-state index is -0.588. The molecule has 5 N–H and O–H groups in total. The molecule has 1 spiro atoms. The predicted molar refractivity (Wildman–Crippen MR) is 119 cm³/mol. The number of pyridine rings is 1. The summed E-state index contributed by atoms with van der Waals surface area (Å²) >= 11 is 0. The average molecular weight is 421 g/mol. The summed E-state index contributed by atoms with van der Waals surface area (Å²) in [6.07, 6.45) is 10.6. The summed E-state index contributed by atoms with van der Waals surface area (Å²) in [4.78, 5) is 31.1. The van der Waals surface area contributed by atoms with Gasteiger partial charge in [0, 0.05) is 24.0 Å². The van der Waals surface area contributed by atoms with Crippen molar-refractivity contribution in [2.75, 3.05) is 5.32 Å². The van der Waals surface area contributed by atoms with Gasteiger partial charge in [-0.15, -0.1) is 0 Å². The van der Waals surface area contributed by atoms with E-state index in [4.69, 9.17) is 11.1 Å². The molecule has 8 heteroatoms. The van der Waals surface area contributed by atoms with Crippen molar-refractivity contribution in [2.24, 2.45) is 5.73 Å². The van der Waals surface area contributed by atoms with E-state index in [0.29, 0.717) is 17.8 Å². The number of allylic oxidation sites excluding steroid dienone is 4. The van der Waals surface area contributed by atoms with Crippen LogP contribution in [0.5, 0.6) is 0 Å². The number of carbonyl (C=O) groups is 2. The SMILES string of the molecule is CC1=C(/C(C)=C2/C(=O)NC3(CCCCC3)N2C=O)Cc2cnc(C(=N)/C=C\N)cc2N1. The predicted octanol–water partition coefficient (Wildman–Crippen LogP) is 2.69. The van der Waals surface area contributed by atoms with Crippen LogP contribution in [0.1, 0.15) is 57.2 Å². The Morgan fingerprint density at radius 2 is 2.06 bits per heavy atom. The van der Waals surface area contributed by atoms with Gasteiger partial charge in [-0.25, -0.2) is 0 Å². The number of hydrogen-bond donors (Lipinski definition) is 4. The van der Waals surface area contributed by atoms with E-state index in [-0.39, 0.29) is 11.6 Å². The zero-order valence-corrected chi connectivity index (χ0v) is 17.9. The maximum Gasteiger partial charge on any atom is 0.270 e. The molecule has 8 nitrogen and oxygen atoms in total. The molecule has 1 aromatic heterocycles. The molecular weight excluding hydrogens is 392 g/mol. The molecule has 2 amide bonds. The Bertz CT molecular complexity index is 1050. The maximum absolute atomic E-state index is 13.0. The van der Waals surface area contributed by atoms with Crippen molar-refractivity contribution in [3.05, 3.63) is 58.3 Å². The van der Waals surface area contributed by atoms with Gasteiger partial charge in [-0.3, -0.25) is 24.9 Å². The molecular formula is C23H28N6O2. The largest absolute Gasteiger partial charge is 0.405 e. The second kappa shape index (κ2) is 8.02. The molecule has 0 unspecified atom stereocenters. The van der Waals surface area contributed by atoms with Gasteiger partial charge in [-0.2, -0.15) is 0 Å². The summed E-state index contributed by atoms with van der Waals surface area (Å²) in [5.74, 6) is -0.187. The van der Waals surface area contributed by atoms with E-state index in [9.17, 15) is 9.59 Å². The van der Waals surface area contributed by atoms with Gasteiger partial charge < -0.3 is 16.4 Å². The highest BCUT2D eigenvalue weighted by molar-refractivity contribution is 6.05. The van der Waals surface area contributed by atoms with Crippen molar-refractivity contribution >= 4 is 23.7 Å². The van der Waals surface area contributed by atoms with Crippen molar-refractivity contribution in [1.82, 2.24) is 15.2 Å². The number of anilines is 1. The number of nitrogens with two attached hydrogens (primary N) is 1. The number of carbonyl (C=O) groups excluding carboxylic acids is 2. The van der Waals surface area contributed by atoms with E-state index in [0.717, 1.165) is 66.6 Å². The van der Waals surface area contributed by atoms with Gasteiger partial charge in [0.25, 0.3) is 5.91 Å². The average Bonchev–Trinajstić information content (AvgIpc) is 3.03. The van der Waals surface area contributed by atoms with E-state index in [2.05, 4.69) is 15.6 Å². The summed E-state index contributed by atoms with van der Waals surface area (Å²) in [7, 11) is 0. The first-order valence-corrected chi connectivity index (χ1v) is 10.6. The first kappa shape index (κ1) is 20.8. The molecule has 1 aliphatic carbocycles. The van der Waals surface area contributed by atoms with Crippen LogP contribution in [-0.2, 0) is 16.0 Å². The normalized spacial score (nSPS) is 21.7. The Labute approximate surface area is 181 Å². The van der Waals surface area contributed by atoms with E-state index in [1.54, 1.807) is 11.1 Å². The fraction of sp³-hybridized carbons (Fsp3) is 0.391. The third-order valence-corrected chi connectivity index (χ3v) is 6.52. The van der Waals surface area contributed by atoms with Crippen LogP contribution >= 0.6 is 0 Å². The first-order chi connectivity index (χ1) is 14.9. The summed E-state index contributed by atoms with van der Waals surface area (Å²) in [5, 5.41) is 14.5. The Balaban J connectivity index is 1.69. The number of nitrogens with zero attached hydrogens (tertiary/aromatic N) is 2. The van der Waals surface area contributed by atoms with E-state index in [1.807, 2.05) is 19.9 Å². The Hall–Kier alpha value is -3.42. The van der Waals surface area contributed by atoms with Gasteiger partial charge >= 0.3 is 0 Å². The molecule has 3 aliphatic rings. The van der Waals surface area contributed by atoms with Crippen molar-refractivity contribution < 1.29 is 9.59 Å². The van der Waals surface area contributed by atoms with Gasteiger partial charge in [-0.1, -0.05) is 6.42 Å². The molecule has 0 aromatic carbocycles. The standard InChI is InChI=1S/C23H28N6O2/c1-14(21-22(31)28-23(29(21)13-30)7-4-3-5-8-23)17-10-16-12-26-20(18(25)6-9-24)11-19(16)27-15(17)2/h6,9,11-13,25,27H,3-5,7-8,10,24H2,1-2H3,(H,28,31)/b9-6-,21-14-,25-18?. The third-order valence-electron chi connectivity index (χ3n) is 6.52. The maximum atomic E-state index is 13.0. The molecule has 1 aromatic rings. The summed E-state index contributed by atoms with van der Waals surface area (Å²) in [6.45, 7) is 3.87. The van der Waals surface area contributed by atoms with E-state index < -0.39 is 5.66 Å². The summed E-state index contributed by atoms with van der Waals surface area (Å²) < 4.78 is 0. The Morgan fingerprint density at radius 1 is 1.32 bits per heavy atom. The molecule has 162 valence electrons. The smallest absolute Gasteiger partial charge is 0.270 e. The van der Waals surface area contributed by atoms with Crippen molar-refractivity contribution in [1.29, 1.82) is 5.41 Å². The van der Waals surface area contributed by atoms with Crippen LogP contribution in [0.2, 0.25) is 0 Å². The second-order valence-corrected chi connectivity index (χ2v) is 8.40. The van der Waals surface area contributed by atoms with Crippen LogP contribution in [-0.4, -0.2) is 33.6 Å². The van der Waals surface area contributed by atoms with Gasteiger partial charge in [0.15, 0.2) is 0 Å². The van der Waals surface area contributed by atoms with Crippen molar-refractivity contribution in [2.45, 2.75) is 58.0 Å². The zero-order chi connectivity index (χ0) is 22.2. The molecule has 2 fully saturated rings. The number of nitrogens with one attached hydrogen (secondary N) is 3. The fourth-order valence-corrected chi connectivity index (χ4v) is 4.89. The molecule has 2 aliphatic heterocycles. The Morgan fingerprint density at radius 3 is 2.74 bits per heavy atom. The minimum absolute atomic E-state index is 0.187. The lowest BCUT2D eigenvalue weighted by Crippen LogP contribution is -2.52. The van der Waals surface area contributed by atoms with Gasteiger partial charge in [0.05, 0.1) is 11.4 Å². The lowest BCUT2D eigenvalue weighted by atomic mass is 9.88. The number of rotatable bonds is 4. The number of fused-ring (bicyclic) bond motifs is 1. The number of amides is 2. The molecule has 1 saturated heterocycles. The van der Waals surface area contributed by atoms with Crippen LogP contribution in [0.3, 0.4) is 0 Å². The summed E-state index contributed by atoms with van der Waals surface area (Å²) in [6, 6.07) is 1.83. The fourth-order valence-electron chi connectivity index (χ4n) is 4.89. The van der Waals surface area contributed by atoms with E-state index >= 15 is 0 Å². The molecule has 4 rings (SSSR count). The quantitative estimate of drug-likeness (QED) is 0.339. The first-order valence-electron chi connectivity index (χ1n) is 10.6. The van der Waals surface area contributed by atoms with Crippen LogP contribution in [0, 0.1) is 5.41 Å². The van der Waals surface area contributed by atoms with Gasteiger partial charge in [0.2, 0.25) is 6.41 Å². The Kier molecular flexibility index (Phi) is 5.39. The summed E-state index contributed by atoms with van der Waals surface area (Å²) in [5.41, 5.74) is 10.5. The lowest BCUT2D eigenvalue weighted by molar-refractivity contribution is -0.121. The lowest BCUT2D eigenvalue weighted by Gasteiger charge is -2.38. The van der Waals surface area contributed by atoms with Crippen LogP contribution in [0.4, 0.5) is 5.69 Å². The van der Waals surface area contributed by atoms with Gasteiger partial charge in [0.1, 0.15) is 11.4 Å². The van der Waals surface area contributed by atoms with Crippen LogP contribution in [0.15, 0.2) is 47.1 Å². The third kappa shape index (κ3) is 3.52. The molecule has 0 radical (unpaired) electrons. The highest BCUT2D eigenvalue weighted by atomic mass is 16.2. The molecule has 0 bridgehead atoms. The number of hydrogen-bond acceptors (Lipinski definition) is 6. The topological polar surface area (TPSA) is 124 Å². The second-order valence-electron chi connectivity index (χ2n) is 8.40. The highest BCUT2D eigenvalue weighted by Crippen LogP contribution is 2.40. The molecule has 1 saturated carbocycles. The van der Waals surface area contributed by atoms with Crippen molar-refractivity contribution in [3.63, 3.8) is 0 Å². The van der Waals surface area contributed by atoms with Crippen LogP contribution < -0.4 is 16.4 Å². The minimum Gasteiger partial charge on any atom is -0.405 e. The van der Waals surface area contributed by atoms with E-state index in [1.165, 1.54) is 12.3 Å². The zero-order valence-electron chi connectivity index (χ0n) is 17.9. The highest BCUT2D eigenvalue weighted by Gasteiger charge is 2.49. The van der Waals surface area contributed by atoms with Crippen molar-refractivity contribution in [3.8, 4) is 0 Å². The molecule has 0 atom stereocenters. The van der Waals surface area contributed by atoms with Gasteiger partial charge in [-0.05, 0) is 74.6 Å². The number of aromatic nitrogens is 1. The molecule has 31 heavy (non-hydrogen) atoms.